The third kappa shape index (κ3) is 25.0. The number of hydrogen-bond donors (Lipinski definition) is 2. The van der Waals surface area contributed by atoms with Crippen LogP contribution in [0, 0.1) is 0 Å². The van der Waals surface area contributed by atoms with Gasteiger partial charge < -0.3 is 10.2 Å². The highest BCUT2D eigenvalue weighted by Gasteiger charge is 1.99. The molecule has 5 nitrogen and oxygen atoms in total. The first-order valence-corrected chi connectivity index (χ1v) is 9.91. The molecule has 0 aromatic rings. The Morgan fingerprint density at radius 2 is 1.08 bits per heavy atom. The van der Waals surface area contributed by atoms with Gasteiger partial charge in [-0.3, -0.25) is 9.79 Å². The number of carboxylic acids is 2. The molecule has 148 valence electrons. The molecule has 25 heavy (non-hydrogen) atoms. The van der Waals surface area contributed by atoms with Crippen molar-refractivity contribution in [2.75, 3.05) is 6.54 Å². The van der Waals surface area contributed by atoms with Gasteiger partial charge in [0.05, 0.1) is 0 Å². The molecule has 0 rings (SSSR count). The number of nitrogens with zero attached hydrogens (tertiary/aromatic N) is 1. The van der Waals surface area contributed by atoms with Crippen LogP contribution in [0.5, 0.6) is 0 Å². The van der Waals surface area contributed by atoms with E-state index in [1.54, 1.807) is 13.8 Å². The molecule has 5 heteroatoms. The highest BCUT2D eigenvalue weighted by molar-refractivity contribution is 6.34. The van der Waals surface area contributed by atoms with Crippen molar-refractivity contribution in [2.24, 2.45) is 4.99 Å². The Labute approximate surface area is 153 Å². The van der Waals surface area contributed by atoms with E-state index in [1.807, 2.05) is 0 Å². The first-order valence-electron chi connectivity index (χ1n) is 9.91. The lowest BCUT2D eigenvalue weighted by Crippen LogP contribution is -2.08. The van der Waals surface area contributed by atoms with E-state index >= 15 is 0 Å². The summed E-state index contributed by atoms with van der Waals surface area (Å²) in [6.07, 6.45) is 16.1. The van der Waals surface area contributed by atoms with Crippen LogP contribution in [-0.2, 0) is 9.59 Å². The quantitative estimate of drug-likeness (QED) is 0.290. The second-order valence-electron chi connectivity index (χ2n) is 6.41. The molecule has 0 amide bonds. The largest absolute Gasteiger partial charge is 0.481 e. The van der Waals surface area contributed by atoms with Gasteiger partial charge in [-0.1, -0.05) is 84.5 Å². The van der Waals surface area contributed by atoms with E-state index in [0.717, 1.165) is 6.42 Å². The Bertz CT molecular complexity index is 354. The van der Waals surface area contributed by atoms with Crippen molar-refractivity contribution in [1.82, 2.24) is 0 Å². The van der Waals surface area contributed by atoms with E-state index in [-0.39, 0.29) is 12.1 Å². The number of carbonyl (C=O) groups is 2. The van der Waals surface area contributed by atoms with Crippen LogP contribution >= 0.6 is 0 Å². The van der Waals surface area contributed by atoms with Crippen LogP contribution in [0.25, 0.3) is 0 Å². The van der Waals surface area contributed by atoms with Gasteiger partial charge in [0.2, 0.25) is 0 Å². The summed E-state index contributed by atoms with van der Waals surface area (Å²) in [5.41, 5.74) is 0.230. The molecule has 0 aliphatic carbocycles. The molecule has 0 heterocycles. The zero-order valence-corrected chi connectivity index (χ0v) is 16.6. The van der Waals surface area contributed by atoms with Crippen LogP contribution in [0.3, 0.4) is 0 Å². The number of unbranched alkanes of at least 4 members (excludes halogenated alkanes) is 11. The van der Waals surface area contributed by atoms with Gasteiger partial charge in [-0.2, -0.15) is 0 Å². The Morgan fingerprint density at radius 3 is 1.40 bits per heavy atom. The predicted octanol–water partition coefficient (Wildman–Crippen LogP) is 5.71. The molecule has 0 unspecified atom stereocenters. The van der Waals surface area contributed by atoms with Crippen molar-refractivity contribution in [3.05, 3.63) is 0 Å². The van der Waals surface area contributed by atoms with E-state index in [4.69, 9.17) is 10.2 Å². The predicted molar refractivity (Wildman–Crippen MR) is 105 cm³/mol. The summed E-state index contributed by atoms with van der Waals surface area (Å²) >= 11 is 0. The summed E-state index contributed by atoms with van der Waals surface area (Å²) in [4.78, 5) is 23.9. The van der Waals surface area contributed by atoms with Gasteiger partial charge in [-0.15, -0.1) is 0 Å². The maximum Gasteiger partial charge on any atom is 0.349 e. The van der Waals surface area contributed by atoms with Crippen molar-refractivity contribution < 1.29 is 19.8 Å². The second kappa shape index (κ2) is 20.7. The first kappa shape index (κ1) is 25.8. The van der Waals surface area contributed by atoms with Crippen LogP contribution in [0.1, 0.15) is 104 Å². The third-order valence-corrected chi connectivity index (χ3v) is 3.97. The molecule has 0 atom stereocenters. The molecule has 0 aliphatic heterocycles. The Morgan fingerprint density at radius 1 is 0.720 bits per heavy atom. The fourth-order valence-electron chi connectivity index (χ4n) is 2.27. The molecule has 0 aromatic carbocycles. The molecule has 0 saturated carbocycles. The standard InChI is InChI=1S/C17H33NO2.C3H6O2/c1-3-4-5-6-7-8-9-10-11-12-13-14-15-18-16(2)17(19)20;1-2-3(4)5/h3-15H2,1-2H3,(H,19,20);2H2,1H3,(H,4,5). The number of hydrogen-bond acceptors (Lipinski definition) is 3. The van der Waals surface area contributed by atoms with E-state index in [2.05, 4.69) is 11.9 Å². The Hall–Kier alpha value is -1.39. The summed E-state index contributed by atoms with van der Waals surface area (Å²) in [7, 11) is 0. The van der Waals surface area contributed by atoms with E-state index < -0.39 is 11.9 Å². The molecule has 0 radical (unpaired) electrons. The van der Waals surface area contributed by atoms with Crippen LogP contribution in [0.4, 0.5) is 0 Å². The first-order chi connectivity index (χ1) is 12.0. The van der Waals surface area contributed by atoms with Gasteiger partial charge in [-0.25, -0.2) is 4.79 Å². The minimum absolute atomic E-state index is 0.222. The Kier molecular flexibility index (Phi) is 21.4. The number of aliphatic carboxylic acids is 2. The van der Waals surface area contributed by atoms with Crippen molar-refractivity contribution in [2.45, 2.75) is 104 Å². The van der Waals surface area contributed by atoms with Gasteiger partial charge in [-0.05, 0) is 13.3 Å². The molecule has 0 bridgehead atoms. The fraction of sp³-hybridized carbons (Fsp3) is 0.850. The van der Waals surface area contributed by atoms with E-state index in [9.17, 15) is 9.59 Å². The van der Waals surface area contributed by atoms with Gasteiger partial charge in [0.15, 0.2) is 0 Å². The van der Waals surface area contributed by atoms with Crippen LogP contribution < -0.4 is 0 Å². The number of carboxylic acid groups (broad SMARTS) is 2. The van der Waals surface area contributed by atoms with Crippen molar-refractivity contribution in [3.8, 4) is 0 Å². The smallest absolute Gasteiger partial charge is 0.349 e. The molecular formula is C20H39NO4. The maximum atomic E-state index is 10.5. The molecule has 0 aliphatic rings. The minimum Gasteiger partial charge on any atom is -0.481 e. The van der Waals surface area contributed by atoms with Crippen molar-refractivity contribution in [3.63, 3.8) is 0 Å². The van der Waals surface area contributed by atoms with Crippen molar-refractivity contribution >= 4 is 17.7 Å². The second-order valence-corrected chi connectivity index (χ2v) is 6.41. The van der Waals surface area contributed by atoms with Gasteiger partial charge in [0.1, 0.15) is 5.71 Å². The zero-order valence-electron chi connectivity index (χ0n) is 16.6. The normalized spacial score (nSPS) is 10.9. The summed E-state index contributed by atoms with van der Waals surface area (Å²) in [6.45, 7) is 6.08. The van der Waals surface area contributed by atoms with E-state index in [0.29, 0.717) is 6.54 Å². The van der Waals surface area contributed by atoms with Gasteiger partial charge >= 0.3 is 11.9 Å². The summed E-state index contributed by atoms with van der Waals surface area (Å²) in [5, 5.41) is 16.4. The molecule has 0 aromatic heterocycles. The molecule has 0 spiro atoms. The lowest BCUT2D eigenvalue weighted by Gasteiger charge is -2.02. The lowest BCUT2D eigenvalue weighted by atomic mass is 10.1. The van der Waals surface area contributed by atoms with Gasteiger partial charge in [0, 0.05) is 13.0 Å². The molecule has 2 N–H and O–H groups in total. The average Bonchev–Trinajstić information content (AvgIpc) is 2.59. The number of rotatable bonds is 15. The molecule has 0 saturated heterocycles. The zero-order chi connectivity index (χ0) is 19.3. The summed E-state index contributed by atoms with van der Waals surface area (Å²) in [6, 6.07) is 0. The van der Waals surface area contributed by atoms with Gasteiger partial charge in [0.25, 0.3) is 0 Å². The van der Waals surface area contributed by atoms with Crippen molar-refractivity contribution in [1.29, 1.82) is 0 Å². The highest BCUT2D eigenvalue weighted by atomic mass is 16.4. The van der Waals surface area contributed by atoms with Crippen LogP contribution in [0.2, 0.25) is 0 Å². The fourth-order valence-corrected chi connectivity index (χ4v) is 2.27. The maximum absolute atomic E-state index is 10.5. The van der Waals surface area contributed by atoms with E-state index in [1.165, 1.54) is 70.6 Å². The SMILES string of the molecule is CCC(=O)O.CCCCCCCCCCCCCCN=C(C)C(=O)O. The van der Waals surface area contributed by atoms with Crippen LogP contribution in [-0.4, -0.2) is 34.4 Å². The molecule has 0 fully saturated rings. The highest BCUT2D eigenvalue weighted by Crippen LogP contribution is 2.11. The number of aliphatic imine (C=N–C) groups is 1. The minimum atomic E-state index is -0.899. The topological polar surface area (TPSA) is 87.0 Å². The summed E-state index contributed by atoms with van der Waals surface area (Å²) < 4.78 is 0. The lowest BCUT2D eigenvalue weighted by molar-refractivity contribution is -0.136. The monoisotopic (exact) mass is 357 g/mol. The summed E-state index contributed by atoms with van der Waals surface area (Å²) in [5.74, 6) is -1.64. The van der Waals surface area contributed by atoms with Crippen LogP contribution in [0.15, 0.2) is 4.99 Å². The third-order valence-electron chi connectivity index (χ3n) is 3.97. The molecular weight excluding hydrogens is 318 g/mol. The Balaban J connectivity index is 0. The average molecular weight is 358 g/mol.